The maximum Gasteiger partial charge on any atom is 0.316 e. The van der Waals surface area contributed by atoms with Gasteiger partial charge in [-0.1, -0.05) is 30.8 Å². The average Bonchev–Trinajstić information content (AvgIpc) is 3.05. The van der Waals surface area contributed by atoms with Gasteiger partial charge < -0.3 is 24.0 Å². The van der Waals surface area contributed by atoms with Crippen LogP contribution in [0, 0.1) is 0 Å². The maximum atomic E-state index is 12.8. The number of ether oxygens (including phenoxy) is 3. The third-order valence-electron chi connectivity index (χ3n) is 7.60. The third-order valence-corrected chi connectivity index (χ3v) is 7.60. The molecule has 42 heavy (non-hydrogen) atoms. The Balaban J connectivity index is 1.04. The highest BCUT2D eigenvalue weighted by molar-refractivity contribution is 5.91. The lowest BCUT2D eigenvalue weighted by molar-refractivity contribution is -0.128. The number of rotatable bonds is 9. The van der Waals surface area contributed by atoms with E-state index < -0.39 is 0 Å². The van der Waals surface area contributed by atoms with Crippen LogP contribution in [0.3, 0.4) is 0 Å². The topological polar surface area (TPSA) is 94.1 Å². The summed E-state index contributed by atoms with van der Waals surface area (Å²) in [4.78, 5) is 36.7. The van der Waals surface area contributed by atoms with Gasteiger partial charge in [0.1, 0.15) is 23.7 Å². The molecule has 2 fully saturated rings. The molecule has 2 amide bonds. The smallest absolute Gasteiger partial charge is 0.316 e. The fraction of sp³-hybridized carbons (Fsp3) is 0.333. The summed E-state index contributed by atoms with van der Waals surface area (Å²) in [6.45, 7) is 6.06. The lowest BCUT2D eigenvalue weighted by Gasteiger charge is -2.31. The van der Waals surface area contributed by atoms with Crippen molar-refractivity contribution < 1.29 is 23.8 Å². The van der Waals surface area contributed by atoms with Crippen molar-refractivity contribution in [1.82, 2.24) is 19.8 Å². The Morgan fingerprint density at radius 2 is 1.26 bits per heavy atom. The first kappa shape index (κ1) is 28.9. The second kappa shape index (κ2) is 13.8. The zero-order chi connectivity index (χ0) is 29.3. The normalized spacial score (nSPS) is 16.3. The number of hydrogen-bond donors (Lipinski definition) is 0. The second-order valence-corrected chi connectivity index (χ2v) is 10.4. The molecule has 9 heteroatoms. The van der Waals surface area contributed by atoms with Gasteiger partial charge in [0.25, 0.3) is 0 Å². The summed E-state index contributed by atoms with van der Waals surface area (Å²) >= 11 is 0. The lowest BCUT2D eigenvalue weighted by atomic mass is 10.1. The van der Waals surface area contributed by atoms with E-state index in [1.807, 2.05) is 41.3 Å². The molecule has 3 aromatic rings. The zero-order valence-corrected chi connectivity index (χ0v) is 23.9. The van der Waals surface area contributed by atoms with Crippen LogP contribution >= 0.6 is 0 Å². The maximum absolute atomic E-state index is 12.8. The van der Waals surface area contributed by atoms with Crippen molar-refractivity contribution >= 4 is 17.9 Å². The number of aromatic nitrogens is 2. The molecule has 0 saturated carbocycles. The molecule has 5 rings (SSSR count). The summed E-state index contributed by atoms with van der Waals surface area (Å²) in [5.74, 6) is 1.57. The molecule has 2 aliphatic rings. The molecule has 0 unspecified atom stereocenters. The number of likely N-dealkylation sites (tertiary alicyclic amines) is 2. The SMILES string of the molecule is C=CC(=O)N1CCC(Oc2ncc(/C=C/C(=O)N3CCC(Oc4ccc(-c5ccc(OC)cc5)cc4)CC3)cn2)CC1. The van der Waals surface area contributed by atoms with Crippen molar-refractivity contribution in [2.45, 2.75) is 37.9 Å². The van der Waals surface area contributed by atoms with Crippen LogP contribution in [-0.2, 0) is 9.59 Å². The average molecular weight is 569 g/mol. The quantitative estimate of drug-likeness (QED) is 0.343. The van der Waals surface area contributed by atoms with Gasteiger partial charge in [-0.05, 0) is 47.5 Å². The van der Waals surface area contributed by atoms with Crippen LogP contribution in [0.4, 0.5) is 0 Å². The Kier molecular flexibility index (Phi) is 9.48. The van der Waals surface area contributed by atoms with E-state index >= 15 is 0 Å². The Bertz CT molecular complexity index is 1370. The molecule has 0 radical (unpaired) electrons. The van der Waals surface area contributed by atoms with Crippen LogP contribution in [0.15, 0.2) is 79.7 Å². The van der Waals surface area contributed by atoms with Crippen LogP contribution in [0.2, 0.25) is 0 Å². The first-order chi connectivity index (χ1) is 20.5. The highest BCUT2D eigenvalue weighted by Gasteiger charge is 2.24. The number of nitrogens with zero attached hydrogens (tertiary/aromatic N) is 4. The minimum Gasteiger partial charge on any atom is -0.497 e. The highest BCUT2D eigenvalue weighted by Crippen LogP contribution is 2.26. The molecule has 2 aromatic carbocycles. The lowest BCUT2D eigenvalue weighted by Crippen LogP contribution is -2.41. The first-order valence-corrected chi connectivity index (χ1v) is 14.3. The monoisotopic (exact) mass is 568 g/mol. The van der Waals surface area contributed by atoms with Crippen molar-refractivity contribution in [2.24, 2.45) is 0 Å². The van der Waals surface area contributed by atoms with Crippen LogP contribution in [0.25, 0.3) is 17.2 Å². The van der Waals surface area contributed by atoms with E-state index in [4.69, 9.17) is 14.2 Å². The number of piperidine rings is 2. The first-order valence-electron chi connectivity index (χ1n) is 14.3. The molecule has 0 bridgehead atoms. The van der Waals surface area contributed by atoms with Crippen molar-refractivity contribution in [3.8, 4) is 28.6 Å². The Hall–Kier alpha value is -4.66. The number of carbonyl (C=O) groups excluding carboxylic acids is 2. The van der Waals surface area contributed by atoms with Gasteiger partial charge in [-0.25, -0.2) is 9.97 Å². The summed E-state index contributed by atoms with van der Waals surface area (Å²) < 4.78 is 17.3. The van der Waals surface area contributed by atoms with E-state index in [1.165, 1.54) is 6.08 Å². The fourth-order valence-electron chi connectivity index (χ4n) is 5.11. The van der Waals surface area contributed by atoms with Crippen molar-refractivity contribution in [3.05, 3.63) is 85.2 Å². The number of carbonyl (C=O) groups is 2. The van der Waals surface area contributed by atoms with Gasteiger partial charge in [0.15, 0.2) is 0 Å². The van der Waals surface area contributed by atoms with Gasteiger partial charge in [-0.15, -0.1) is 0 Å². The van der Waals surface area contributed by atoms with Crippen LogP contribution in [0.5, 0.6) is 17.5 Å². The standard InChI is InChI=1S/C33H36N4O5/c1-3-31(38)36-18-16-30(17-19-36)42-33-34-22-24(23-35-33)4-13-32(39)37-20-14-29(15-21-37)41-28-11-7-26(8-12-28)25-5-9-27(40-2)10-6-25/h3-13,22-23,29-30H,1,14-21H2,2H3/b13-4+. The van der Waals surface area contributed by atoms with Crippen molar-refractivity contribution in [3.63, 3.8) is 0 Å². The molecular formula is C33H36N4O5. The Morgan fingerprint density at radius 1 is 0.762 bits per heavy atom. The molecule has 3 heterocycles. The van der Waals surface area contributed by atoms with E-state index in [-0.39, 0.29) is 24.0 Å². The van der Waals surface area contributed by atoms with Crippen LogP contribution < -0.4 is 14.2 Å². The van der Waals surface area contributed by atoms with Crippen LogP contribution in [-0.4, -0.2) is 77.1 Å². The van der Waals surface area contributed by atoms with Crippen molar-refractivity contribution in [2.75, 3.05) is 33.3 Å². The van der Waals surface area contributed by atoms with Gasteiger partial charge >= 0.3 is 6.01 Å². The summed E-state index contributed by atoms with van der Waals surface area (Å²) in [6, 6.07) is 16.4. The molecule has 1 aromatic heterocycles. The molecule has 2 aliphatic heterocycles. The van der Waals surface area contributed by atoms with E-state index in [9.17, 15) is 9.59 Å². The van der Waals surface area contributed by atoms with Gasteiger partial charge in [-0.2, -0.15) is 0 Å². The fourth-order valence-corrected chi connectivity index (χ4v) is 5.11. The van der Waals surface area contributed by atoms with E-state index in [2.05, 4.69) is 28.7 Å². The van der Waals surface area contributed by atoms with Gasteiger partial charge in [0, 0.05) is 75.9 Å². The Morgan fingerprint density at radius 3 is 1.79 bits per heavy atom. The van der Waals surface area contributed by atoms with Gasteiger partial charge in [0.2, 0.25) is 11.8 Å². The number of methoxy groups -OCH3 is 1. The van der Waals surface area contributed by atoms with Gasteiger partial charge in [-0.3, -0.25) is 9.59 Å². The summed E-state index contributed by atoms with van der Waals surface area (Å²) in [5, 5.41) is 0. The molecular weight excluding hydrogens is 532 g/mol. The number of amides is 2. The van der Waals surface area contributed by atoms with Gasteiger partial charge in [0.05, 0.1) is 7.11 Å². The molecule has 9 nitrogen and oxygen atoms in total. The number of hydrogen-bond acceptors (Lipinski definition) is 7. The summed E-state index contributed by atoms with van der Waals surface area (Å²) in [6.07, 6.45) is 10.9. The molecule has 218 valence electrons. The largest absolute Gasteiger partial charge is 0.497 e. The van der Waals surface area contributed by atoms with E-state index in [1.54, 1.807) is 36.6 Å². The molecule has 0 spiro atoms. The van der Waals surface area contributed by atoms with Crippen molar-refractivity contribution in [1.29, 1.82) is 0 Å². The zero-order valence-electron chi connectivity index (χ0n) is 23.9. The minimum atomic E-state index is -0.0551. The highest BCUT2D eigenvalue weighted by atomic mass is 16.5. The second-order valence-electron chi connectivity index (χ2n) is 10.4. The molecule has 2 saturated heterocycles. The third kappa shape index (κ3) is 7.54. The van der Waals surface area contributed by atoms with Crippen LogP contribution in [0.1, 0.15) is 31.2 Å². The number of benzene rings is 2. The van der Waals surface area contributed by atoms with E-state index in [0.717, 1.165) is 53.9 Å². The molecule has 0 atom stereocenters. The summed E-state index contributed by atoms with van der Waals surface area (Å²) in [5.41, 5.74) is 2.95. The Labute approximate surface area is 246 Å². The predicted octanol–water partition coefficient (Wildman–Crippen LogP) is 4.79. The summed E-state index contributed by atoms with van der Waals surface area (Å²) in [7, 11) is 1.66. The predicted molar refractivity (Wildman–Crippen MR) is 160 cm³/mol. The molecule has 0 N–H and O–H groups in total. The minimum absolute atomic E-state index is 0.0348. The molecule has 0 aliphatic carbocycles. The van der Waals surface area contributed by atoms with E-state index in [0.29, 0.717) is 32.2 Å².